The molecule has 0 spiro atoms. The molecule has 2 amide bonds. The van der Waals surface area contributed by atoms with Crippen LogP contribution < -0.4 is 10.6 Å². The van der Waals surface area contributed by atoms with E-state index < -0.39 is 5.60 Å². The molecule has 0 saturated carbocycles. The number of imide groups is 1. The summed E-state index contributed by atoms with van der Waals surface area (Å²) in [4.78, 5) is 25.5. The number of amides is 2. The molecule has 6 nitrogen and oxygen atoms in total. The molecule has 3 N–H and O–H groups in total. The fourth-order valence-electron chi connectivity index (χ4n) is 4.09. The van der Waals surface area contributed by atoms with Crippen LogP contribution in [0.4, 0.5) is 0 Å². The van der Waals surface area contributed by atoms with Crippen molar-refractivity contribution in [2.75, 3.05) is 13.1 Å². The van der Waals surface area contributed by atoms with Gasteiger partial charge in [0.15, 0.2) is 0 Å². The highest BCUT2D eigenvalue weighted by Crippen LogP contribution is 2.34. The van der Waals surface area contributed by atoms with E-state index in [4.69, 9.17) is 0 Å². The fraction of sp³-hybridized carbons (Fsp3) is 0.556. The molecule has 2 saturated heterocycles. The Kier molecular flexibility index (Phi) is 3.90. The van der Waals surface area contributed by atoms with Gasteiger partial charge in [-0.15, -0.1) is 0 Å². The van der Waals surface area contributed by atoms with Crippen molar-refractivity contribution in [2.24, 2.45) is 0 Å². The Balaban J connectivity index is 1.52. The van der Waals surface area contributed by atoms with Gasteiger partial charge in [-0.3, -0.25) is 19.8 Å². The molecule has 3 aliphatic rings. The number of hydrogen-bond acceptors (Lipinski definition) is 5. The van der Waals surface area contributed by atoms with Gasteiger partial charge in [-0.25, -0.2) is 0 Å². The number of nitrogens with one attached hydrogen (secondary N) is 2. The summed E-state index contributed by atoms with van der Waals surface area (Å²) in [5, 5.41) is 16.6. The summed E-state index contributed by atoms with van der Waals surface area (Å²) in [7, 11) is 0. The van der Waals surface area contributed by atoms with Crippen LogP contribution in [0.3, 0.4) is 0 Å². The van der Waals surface area contributed by atoms with Gasteiger partial charge in [0.2, 0.25) is 11.8 Å². The van der Waals surface area contributed by atoms with Gasteiger partial charge in [0.1, 0.15) is 0 Å². The van der Waals surface area contributed by atoms with Crippen molar-refractivity contribution in [3.05, 3.63) is 34.9 Å². The number of aliphatic hydroxyl groups is 1. The average molecular weight is 329 g/mol. The van der Waals surface area contributed by atoms with E-state index in [9.17, 15) is 14.7 Å². The molecule has 0 aromatic heterocycles. The zero-order chi connectivity index (χ0) is 16.7. The summed E-state index contributed by atoms with van der Waals surface area (Å²) in [6.45, 7) is 3.08. The standard InChI is InChI=1S/C18H23N3O3/c22-16-4-3-15(17(23)20-16)21-10-12-1-2-14(9-13(12)11-21)18(24)5-7-19-8-6-18/h1-2,9,15,19,24H,3-8,10-11H2,(H,20,22,23). The maximum atomic E-state index is 12.1. The maximum Gasteiger partial charge on any atom is 0.243 e. The first kappa shape index (κ1) is 15.7. The van der Waals surface area contributed by atoms with Gasteiger partial charge in [0, 0.05) is 19.5 Å². The molecule has 0 aliphatic carbocycles. The van der Waals surface area contributed by atoms with Crippen LogP contribution in [-0.2, 0) is 28.3 Å². The third-order valence-electron chi connectivity index (χ3n) is 5.57. The minimum absolute atomic E-state index is 0.177. The number of benzene rings is 1. The number of rotatable bonds is 2. The molecule has 0 bridgehead atoms. The number of carbonyl (C=O) groups is 2. The average Bonchev–Trinajstić information content (AvgIpc) is 2.98. The van der Waals surface area contributed by atoms with E-state index in [-0.39, 0.29) is 17.9 Å². The topological polar surface area (TPSA) is 81.7 Å². The molecule has 3 heterocycles. The third kappa shape index (κ3) is 2.75. The van der Waals surface area contributed by atoms with Crippen molar-refractivity contribution in [3.63, 3.8) is 0 Å². The lowest BCUT2D eigenvalue weighted by atomic mass is 9.84. The lowest BCUT2D eigenvalue weighted by Gasteiger charge is -2.33. The highest BCUT2D eigenvalue weighted by molar-refractivity contribution is 6.00. The Morgan fingerprint density at radius 2 is 1.88 bits per heavy atom. The molecule has 4 rings (SSSR count). The lowest BCUT2D eigenvalue weighted by molar-refractivity contribution is -0.137. The predicted octanol–water partition coefficient (Wildman–Crippen LogP) is 0.378. The molecule has 1 atom stereocenters. The minimum Gasteiger partial charge on any atom is -0.385 e. The Bertz CT molecular complexity index is 682. The number of hydrogen-bond donors (Lipinski definition) is 3. The minimum atomic E-state index is -0.748. The zero-order valence-corrected chi connectivity index (χ0v) is 13.7. The zero-order valence-electron chi connectivity index (χ0n) is 13.7. The van der Waals surface area contributed by atoms with Crippen molar-refractivity contribution >= 4 is 11.8 Å². The van der Waals surface area contributed by atoms with Gasteiger partial charge in [-0.1, -0.05) is 18.2 Å². The number of piperidine rings is 2. The van der Waals surface area contributed by atoms with Crippen LogP contribution in [0, 0.1) is 0 Å². The van der Waals surface area contributed by atoms with Crippen LogP contribution in [0.15, 0.2) is 18.2 Å². The highest BCUT2D eigenvalue weighted by atomic mass is 16.3. The van der Waals surface area contributed by atoms with E-state index in [0.29, 0.717) is 19.4 Å². The second-order valence-electron chi connectivity index (χ2n) is 7.14. The monoisotopic (exact) mass is 329 g/mol. The van der Waals surface area contributed by atoms with E-state index in [1.165, 1.54) is 11.1 Å². The third-order valence-corrected chi connectivity index (χ3v) is 5.57. The summed E-state index contributed by atoms with van der Waals surface area (Å²) < 4.78 is 0. The summed E-state index contributed by atoms with van der Waals surface area (Å²) in [6, 6.07) is 5.97. The van der Waals surface area contributed by atoms with Crippen molar-refractivity contribution in [1.82, 2.24) is 15.5 Å². The number of carbonyl (C=O) groups excluding carboxylic acids is 2. The Labute approximate surface area is 141 Å². The van der Waals surface area contributed by atoms with Crippen LogP contribution >= 0.6 is 0 Å². The van der Waals surface area contributed by atoms with Crippen LogP contribution in [0.1, 0.15) is 42.4 Å². The number of nitrogens with zero attached hydrogens (tertiary/aromatic N) is 1. The molecular formula is C18H23N3O3. The predicted molar refractivity (Wildman–Crippen MR) is 87.9 cm³/mol. The Hall–Kier alpha value is -1.76. The molecule has 2 fully saturated rings. The maximum absolute atomic E-state index is 12.1. The second-order valence-corrected chi connectivity index (χ2v) is 7.14. The summed E-state index contributed by atoms with van der Waals surface area (Å²) in [5.74, 6) is -0.361. The molecule has 24 heavy (non-hydrogen) atoms. The van der Waals surface area contributed by atoms with Gasteiger partial charge in [-0.2, -0.15) is 0 Å². The summed E-state index contributed by atoms with van der Waals surface area (Å²) in [5.41, 5.74) is 2.63. The van der Waals surface area contributed by atoms with E-state index in [2.05, 4.69) is 27.7 Å². The smallest absolute Gasteiger partial charge is 0.243 e. The molecule has 128 valence electrons. The van der Waals surface area contributed by atoms with Crippen molar-refractivity contribution in [1.29, 1.82) is 0 Å². The number of fused-ring (bicyclic) bond motifs is 1. The van der Waals surface area contributed by atoms with Crippen molar-refractivity contribution in [2.45, 2.75) is 50.4 Å². The first-order chi connectivity index (χ1) is 11.5. The van der Waals surface area contributed by atoms with Gasteiger partial charge >= 0.3 is 0 Å². The van der Waals surface area contributed by atoms with Crippen LogP contribution in [-0.4, -0.2) is 41.0 Å². The van der Waals surface area contributed by atoms with Crippen LogP contribution in [0.2, 0.25) is 0 Å². The molecule has 1 unspecified atom stereocenters. The first-order valence-electron chi connectivity index (χ1n) is 8.68. The van der Waals surface area contributed by atoms with Gasteiger partial charge in [0.05, 0.1) is 11.6 Å². The highest BCUT2D eigenvalue weighted by Gasteiger charge is 2.36. The lowest BCUT2D eigenvalue weighted by Crippen LogP contribution is -2.50. The summed E-state index contributed by atoms with van der Waals surface area (Å²) >= 11 is 0. The van der Waals surface area contributed by atoms with E-state index in [1.807, 2.05) is 6.07 Å². The second kappa shape index (κ2) is 5.95. The van der Waals surface area contributed by atoms with Crippen molar-refractivity contribution < 1.29 is 14.7 Å². The first-order valence-corrected chi connectivity index (χ1v) is 8.68. The molecule has 0 radical (unpaired) electrons. The van der Waals surface area contributed by atoms with Gasteiger partial charge in [0.25, 0.3) is 0 Å². The molecule has 3 aliphatic heterocycles. The van der Waals surface area contributed by atoms with Crippen LogP contribution in [0.25, 0.3) is 0 Å². The Morgan fingerprint density at radius 3 is 2.62 bits per heavy atom. The largest absolute Gasteiger partial charge is 0.385 e. The van der Waals surface area contributed by atoms with E-state index >= 15 is 0 Å². The SMILES string of the molecule is O=C1CCC(N2Cc3ccc(C4(O)CCNCC4)cc3C2)C(=O)N1. The van der Waals surface area contributed by atoms with E-state index in [0.717, 1.165) is 38.0 Å². The fourth-order valence-corrected chi connectivity index (χ4v) is 4.09. The van der Waals surface area contributed by atoms with Crippen molar-refractivity contribution in [3.8, 4) is 0 Å². The quantitative estimate of drug-likeness (QED) is 0.684. The summed E-state index contributed by atoms with van der Waals surface area (Å²) in [6.07, 6.45) is 2.44. The molecule has 1 aromatic rings. The normalized spacial score (nSPS) is 27.0. The van der Waals surface area contributed by atoms with Gasteiger partial charge in [-0.05, 0) is 49.0 Å². The molecule has 1 aromatic carbocycles. The van der Waals surface area contributed by atoms with Gasteiger partial charge < -0.3 is 10.4 Å². The Morgan fingerprint density at radius 1 is 1.12 bits per heavy atom. The van der Waals surface area contributed by atoms with Crippen LogP contribution in [0.5, 0.6) is 0 Å². The molecule has 6 heteroatoms. The molecular weight excluding hydrogens is 306 g/mol. The van der Waals surface area contributed by atoms with E-state index in [1.54, 1.807) is 0 Å².